The van der Waals surface area contributed by atoms with Crippen molar-refractivity contribution in [2.24, 2.45) is 0 Å². The van der Waals surface area contributed by atoms with Gasteiger partial charge in [0.15, 0.2) is 0 Å². The van der Waals surface area contributed by atoms with Crippen LogP contribution in [0.3, 0.4) is 0 Å². The van der Waals surface area contributed by atoms with E-state index in [1.807, 2.05) is 0 Å². The molecule has 0 radical (unpaired) electrons. The number of nitro groups is 1. The number of piperazine rings is 1. The molecule has 1 aliphatic rings. The molecule has 1 fully saturated rings. The minimum absolute atomic E-state index is 0.0459. The Balaban J connectivity index is 1.62. The van der Waals surface area contributed by atoms with Crippen LogP contribution in [0, 0.1) is 15.9 Å². The van der Waals surface area contributed by atoms with Gasteiger partial charge in [-0.1, -0.05) is 12.1 Å². The summed E-state index contributed by atoms with van der Waals surface area (Å²) in [4.78, 5) is 11.1. The molecule has 0 atom stereocenters. The number of benzene rings is 2. The summed E-state index contributed by atoms with van der Waals surface area (Å²) >= 11 is 0. The van der Waals surface area contributed by atoms with Crippen LogP contribution in [0.2, 0.25) is 0 Å². The van der Waals surface area contributed by atoms with Gasteiger partial charge in [0.2, 0.25) is 10.0 Å². The SMILES string of the molecule is O=[N+]([O-])c1ccc(C[NH+]2CCN(S(=O)(=O)c3ccccc3F)CC2)cc1. The molecule has 0 aromatic heterocycles. The number of sulfonamides is 1. The van der Waals surface area contributed by atoms with E-state index in [1.54, 1.807) is 12.1 Å². The Bertz CT molecular complexity index is 894. The molecular formula is C17H19FN3O4S+. The lowest BCUT2D eigenvalue weighted by atomic mass is 10.2. The highest BCUT2D eigenvalue weighted by molar-refractivity contribution is 7.89. The van der Waals surface area contributed by atoms with Crippen molar-refractivity contribution in [2.75, 3.05) is 26.2 Å². The Kier molecular flexibility index (Phi) is 5.30. The molecule has 2 aromatic rings. The van der Waals surface area contributed by atoms with Crippen molar-refractivity contribution in [2.45, 2.75) is 11.4 Å². The zero-order valence-corrected chi connectivity index (χ0v) is 14.8. The molecule has 0 unspecified atom stereocenters. The summed E-state index contributed by atoms with van der Waals surface area (Å²) in [6.45, 7) is 2.44. The quantitative estimate of drug-likeness (QED) is 0.615. The smallest absolute Gasteiger partial charge is 0.269 e. The van der Waals surface area contributed by atoms with Gasteiger partial charge in [-0.15, -0.1) is 0 Å². The van der Waals surface area contributed by atoms with Crippen molar-refractivity contribution < 1.29 is 22.6 Å². The average Bonchev–Trinajstić information content (AvgIpc) is 2.63. The van der Waals surface area contributed by atoms with Crippen LogP contribution in [0.4, 0.5) is 10.1 Å². The van der Waals surface area contributed by atoms with Gasteiger partial charge in [-0.25, -0.2) is 12.8 Å². The second-order valence-corrected chi connectivity index (χ2v) is 8.09. The first-order valence-corrected chi connectivity index (χ1v) is 9.63. The maximum atomic E-state index is 13.8. The van der Waals surface area contributed by atoms with E-state index in [1.165, 1.54) is 39.5 Å². The summed E-state index contributed by atoms with van der Waals surface area (Å²) in [6.07, 6.45) is 0. The molecule has 26 heavy (non-hydrogen) atoms. The molecule has 2 aromatic carbocycles. The van der Waals surface area contributed by atoms with Gasteiger partial charge < -0.3 is 4.90 Å². The fourth-order valence-corrected chi connectivity index (χ4v) is 4.54. The van der Waals surface area contributed by atoms with Gasteiger partial charge in [0.1, 0.15) is 17.3 Å². The minimum Gasteiger partial charge on any atom is -0.329 e. The van der Waals surface area contributed by atoms with E-state index in [9.17, 15) is 22.9 Å². The Morgan fingerprint density at radius 3 is 2.27 bits per heavy atom. The largest absolute Gasteiger partial charge is 0.329 e. The van der Waals surface area contributed by atoms with Crippen molar-refractivity contribution in [3.63, 3.8) is 0 Å². The highest BCUT2D eigenvalue weighted by Gasteiger charge is 2.32. The minimum atomic E-state index is -3.83. The van der Waals surface area contributed by atoms with Gasteiger partial charge in [-0.05, 0) is 24.3 Å². The first-order valence-electron chi connectivity index (χ1n) is 8.19. The third kappa shape index (κ3) is 3.90. The molecule has 138 valence electrons. The Morgan fingerprint density at radius 2 is 1.69 bits per heavy atom. The summed E-state index contributed by atoms with van der Waals surface area (Å²) in [5.41, 5.74) is 1.00. The van der Waals surface area contributed by atoms with E-state index in [4.69, 9.17) is 0 Å². The maximum Gasteiger partial charge on any atom is 0.269 e. The van der Waals surface area contributed by atoms with Crippen LogP contribution in [-0.4, -0.2) is 43.8 Å². The zero-order chi connectivity index (χ0) is 18.7. The summed E-state index contributed by atoms with van der Waals surface area (Å²) < 4.78 is 40.3. The van der Waals surface area contributed by atoms with Crippen LogP contribution in [0.25, 0.3) is 0 Å². The zero-order valence-electron chi connectivity index (χ0n) is 14.0. The number of nitro benzene ring substituents is 1. The number of nitrogens with zero attached hydrogens (tertiary/aromatic N) is 2. The normalized spacial score (nSPS) is 16.5. The maximum absolute atomic E-state index is 13.8. The molecule has 1 N–H and O–H groups in total. The first kappa shape index (κ1) is 18.4. The van der Waals surface area contributed by atoms with Gasteiger partial charge >= 0.3 is 0 Å². The summed E-state index contributed by atoms with van der Waals surface area (Å²) in [5.74, 6) is -0.742. The monoisotopic (exact) mass is 380 g/mol. The standard InChI is InChI=1S/C17H18FN3O4S/c18-16-3-1-2-4-17(16)26(24,25)20-11-9-19(10-12-20)13-14-5-7-15(8-6-14)21(22)23/h1-8H,9-13H2/p+1. The van der Waals surface area contributed by atoms with Crippen LogP contribution in [0.15, 0.2) is 53.4 Å². The van der Waals surface area contributed by atoms with Crippen LogP contribution in [0.5, 0.6) is 0 Å². The lowest BCUT2D eigenvalue weighted by Gasteiger charge is -2.31. The van der Waals surface area contributed by atoms with Crippen molar-refractivity contribution >= 4 is 15.7 Å². The van der Waals surface area contributed by atoms with Gasteiger partial charge in [-0.2, -0.15) is 4.31 Å². The molecule has 0 saturated carbocycles. The molecule has 1 heterocycles. The lowest BCUT2D eigenvalue weighted by Crippen LogP contribution is -3.13. The molecule has 1 saturated heterocycles. The van der Waals surface area contributed by atoms with Crippen molar-refractivity contribution in [3.05, 3.63) is 70.0 Å². The number of nitrogens with one attached hydrogen (secondary N) is 1. The highest BCUT2D eigenvalue weighted by atomic mass is 32.2. The highest BCUT2D eigenvalue weighted by Crippen LogP contribution is 2.19. The van der Waals surface area contributed by atoms with Crippen molar-refractivity contribution in [3.8, 4) is 0 Å². The van der Waals surface area contributed by atoms with Crippen LogP contribution in [-0.2, 0) is 16.6 Å². The number of rotatable bonds is 5. The van der Waals surface area contributed by atoms with Gasteiger partial charge in [-0.3, -0.25) is 10.1 Å². The number of non-ortho nitro benzene ring substituents is 1. The number of quaternary nitrogens is 1. The van der Waals surface area contributed by atoms with Crippen LogP contribution in [0.1, 0.15) is 5.56 Å². The second kappa shape index (κ2) is 7.48. The molecule has 1 aliphatic heterocycles. The molecule has 9 heteroatoms. The van der Waals surface area contributed by atoms with Crippen LogP contribution >= 0.6 is 0 Å². The number of hydrogen-bond donors (Lipinski definition) is 1. The van der Waals surface area contributed by atoms with Gasteiger partial charge in [0.05, 0.1) is 31.1 Å². The Morgan fingerprint density at radius 1 is 1.08 bits per heavy atom. The predicted octanol–water partition coefficient (Wildman–Crippen LogP) is 0.823. The summed E-state index contributed by atoms with van der Waals surface area (Å²) in [6, 6.07) is 11.7. The fourth-order valence-electron chi connectivity index (χ4n) is 3.04. The van der Waals surface area contributed by atoms with Crippen molar-refractivity contribution in [1.82, 2.24) is 4.31 Å². The summed E-state index contributed by atoms with van der Waals surface area (Å²) in [5, 5.41) is 10.7. The number of hydrogen-bond acceptors (Lipinski definition) is 4. The number of halogens is 1. The Labute approximate surface area is 150 Å². The summed E-state index contributed by atoms with van der Waals surface area (Å²) in [7, 11) is -3.83. The molecule has 3 rings (SSSR count). The van der Waals surface area contributed by atoms with Crippen molar-refractivity contribution in [1.29, 1.82) is 0 Å². The molecule has 7 nitrogen and oxygen atoms in total. The van der Waals surface area contributed by atoms with E-state index in [0.29, 0.717) is 32.7 Å². The average molecular weight is 380 g/mol. The molecule has 0 spiro atoms. The van der Waals surface area contributed by atoms with Crippen LogP contribution < -0.4 is 4.90 Å². The van der Waals surface area contributed by atoms with Gasteiger partial charge in [0.25, 0.3) is 5.69 Å². The Hall–Kier alpha value is -2.36. The molecular weight excluding hydrogens is 361 g/mol. The third-order valence-electron chi connectivity index (χ3n) is 4.49. The topological polar surface area (TPSA) is 85.0 Å². The molecule has 0 amide bonds. The first-order chi connectivity index (χ1) is 12.4. The predicted molar refractivity (Wildman–Crippen MR) is 92.7 cm³/mol. The van der Waals surface area contributed by atoms with E-state index in [2.05, 4.69) is 0 Å². The van der Waals surface area contributed by atoms with E-state index < -0.39 is 20.8 Å². The van der Waals surface area contributed by atoms with E-state index >= 15 is 0 Å². The fraction of sp³-hybridized carbons (Fsp3) is 0.294. The lowest BCUT2D eigenvalue weighted by molar-refractivity contribution is -0.917. The molecule has 0 aliphatic carbocycles. The third-order valence-corrected chi connectivity index (χ3v) is 6.42. The second-order valence-electron chi connectivity index (χ2n) is 6.18. The molecule has 0 bridgehead atoms. The van der Waals surface area contributed by atoms with E-state index in [-0.39, 0.29) is 10.6 Å². The van der Waals surface area contributed by atoms with E-state index in [0.717, 1.165) is 11.6 Å². The van der Waals surface area contributed by atoms with Gasteiger partial charge in [0, 0.05) is 17.7 Å².